The number of para-hydroxylation sites is 1. The largest absolute Gasteiger partial charge is 0.325 e. The Balaban J connectivity index is 1.60. The van der Waals surface area contributed by atoms with Gasteiger partial charge in [-0.3, -0.25) is 4.79 Å². The van der Waals surface area contributed by atoms with Crippen LogP contribution in [-0.2, 0) is 4.79 Å². The Kier molecular flexibility index (Phi) is 5.46. The van der Waals surface area contributed by atoms with Crippen molar-refractivity contribution in [1.82, 2.24) is 10.2 Å². The fourth-order valence-electron chi connectivity index (χ4n) is 2.44. The molecule has 2 aromatic carbocycles. The van der Waals surface area contributed by atoms with E-state index in [1.165, 1.54) is 11.8 Å². The third kappa shape index (κ3) is 4.45. The first kappa shape index (κ1) is 17.2. The summed E-state index contributed by atoms with van der Waals surface area (Å²) in [5.41, 5.74) is 4.96. The lowest BCUT2D eigenvalue weighted by Gasteiger charge is -2.08. The van der Waals surface area contributed by atoms with Gasteiger partial charge in [-0.2, -0.15) is 0 Å². The molecule has 0 bridgehead atoms. The molecule has 25 heavy (non-hydrogen) atoms. The zero-order valence-electron chi connectivity index (χ0n) is 14.2. The number of carbonyl (C=O) groups is 1. The minimum atomic E-state index is -0.0518. The van der Waals surface area contributed by atoms with Crippen molar-refractivity contribution in [2.75, 3.05) is 11.1 Å². The summed E-state index contributed by atoms with van der Waals surface area (Å²) in [6, 6.07) is 19.6. The lowest BCUT2D eigenvalue weighted by atomic mass is 10.1. The molecule has 0 fully saturated rings. The number of nitrogens with one attached hydrogen (secondary N) is 1. The highest BCUT2D eigenvalue weighted by molar-refractivity contribution is 7.99. The van der Waals surface area contributed by atoms with Gasteiger partial charge in [0.2, 0.25) is 5.91 Å². The summed E-state index contributed by atoms with van der Waals surface area (Å²) < 4.78 is 0. The molecule has 0 atom stereocenters. The Bertz CT molecular complexity index is 878. The van der Waals surface area contributed by atoms with Crippen molar-refractivity contribution in [3.63, 3.8) is 0 Å². The van der Waals surface area contributed by atoms with Crippen LogP contribution in [0.15, 0.2) is 65.7 Å². The summed E-state index contributed by atoms with van der Waals surface area (Å²) >= 11 is 1.38. The summed E-state index contributed by atoms with van der Waals surface area (Å²) in [5, 5.41) is 12.2. The molecule has 126 valence electrons. The van der Waals surface area contributed by atoms with Crippen molar-refractivity contribution < 1.29 is 4.79 Å². The van der Waals surface area contributed by atoms with Crippen LogP contribution in [0.4, 0.5) is 5.69 Å². The van der Waals surface area contributed by atoms with Crippen LogP contribution in [0.3, 0.4) is 0 Å². The quantitative estimate of drug-likeness (QED) is 0.690. The summed E-state index contributed by atoms with van der Waals surface area (Å²) in [6.07, 6.45) is 0. The third-order valence-corrected chi connectivity index (χ3v) is 4.75. The fraction of sp³-hybridized carbons (Fsp3) is 0.150. The van der Waals surface area contributed by atoms with Crippen LogP contribution in [-0.4, -0.2) is 21.9 Å². The van der Waals surface area contributed by atoms with Crippen LogP contribution in [0.2, 0.25) is 0 Å². The monoisotopic (exact) mass is 349 g/mol. The second-order valence-electron chi connectivity index (χ2n) is 5.72. The minimum absolute atomic E-state index is 0.0518. The maximum absolute atomic E-state index is 12.1. The summed E-state index contributed by atoms with van der Waals surface area (Å²) in [6.45, 7) is 4.02. The lowest BCUT2D eigenvalue weighted by Crippen LogP contribution is -2.14. The van der Waals surface area contributed by atoms with Crippen molar-refractivity contribution in [3.8, 4) is 11.3 Å². The van der Waals surface area contributed by atoms with Crippen molar-refractivity contribution in [2.24, 2.45) is 0 Å². The number of hydrogen-bond donors (Lipinski definition) is 1. The van der Waals surface area contributed by atoms with E-state index in [9.17, 15) is 4.79 Å². The standard InChI is InChI=1S/C20H19N3OS/c1-14-7-3-5-9-16(14)18-11-12-20(23-22-18)25-13-19(24)21-17-10-6-4-8-15(17)2/h3-12H,13H2,1-2H3,(H,21,24). The van der Waals surface area contributed by atoms with E-state index in [-0.39, 0.29) is 5.91 Å². The molecule has 1 N–H and O–H groups in total. The maximum atomic E-state index is 12.1. The van der Waals surface area contributed by atoms with Gasteiger partial charge in [0.1, 0.15) is 5.03 Å². The van der Waals surface area contributed by atoms with Crippen LogP contribution >= 0.6 is 11.8 Å². The highest BCUT2D eigenvalue weighted by atomic mass is 32.2. The number of benzene rings is 2. The van der Waals surface area contributed by atoms with Gasteiger partial charge in [-0.1, -0.05) is 54.2 Å². The number of rotatable bonds is 5. The van der Waals surface area contributed by atoms with Gasteiger partial charge in [0.25, 0.3) is 0 Å². The molecule has 0 radical (unpaired) electrons. The molecular weight excluding hydrogens is 330 g/mol. The van der Waals surface area contributed by atoms with E-state index in [2.05, 4.69) is 28.5 Å². The first-order valence-corrected chi connectivity index (χ1v) is 9.00. The van der Waals surface area contributed by atoms with E-state index in [0.29, 0.717) is 5.75 Å². The summed E-state index contributed by atoms with van der Waals surface area (Å²) in [7, 11) is 0. The highest BCUT2D eigenvalue weighted by Gasteiger charge is 2.08. The van der Waals surface area contributed by atoms with Crippen LogP contribution in [0, 0.1) is 13.8 Å². The zero-order chi connectivity index (χ0) is 17.6. The summed E-state index contributed by atoms with van der Waals surface area (Å²) in [5.74, 6) is 0.247. The Morgan fingerprint density at radius 1 is 0.920 bits per heavy atom. The van der Waals surface area contributed by atoms with Crippen LogP contribution in [0.1, 0.15) is 11.1 Å². The van der Waals surface area contributed by atoms with E-state index in [1.54, 1.807) is 0 Å². The molecule has 1 aromatic heterocycles. The highest BCUT2D eigenvalue weighted by Crippen LogP contribution is 2.22. The summed E-state index contributed by atoms with van der Waals surface area (Å²) in [4.78, 5) is 12.1. The number of nitrogens with zero attached hydrogens (tertiary/aromatic N) is 2. The molecule has 0 saturated carbocycles. The van der Waals surface area contributed by atoms with Gasteiger partial charge in [-0.05, 0) is 43.2 Å². The second kappa shape index (κ2) is 7.94. The number of anilines is 1. The van der Waals surface area contributed by atoms with Crippen molar-refractivity contribution in [1.29, 1.82) is 0 Å². The maximum Gasteiger partial charge on any atom is 0.234 e. The molecule has 0 aliphatic carbocycles. The van der Waals surface area contributed by atoms with E-state index >= 15 is 0 Å². The van der Waals surface area contributed by atoms with Gasteiger partial charge in [-0.25, -0.2) is 0 Å². The van der Waals surface area contributed by atoms with Crippen molar-refractivity contribution >= 4 is 23.4 Å². The number of carbonyl (C=O) groups excluding carboxylic acids is 1. The molecule has 0 saturated heterocycles. The van der Waals surface area contributed by atoms with Crippen LogP contribution < -0.4 is 5.32 Å². The van der Waals surface area contributed by atoms with Crippen molar-refractivity contribution in [3.05, 3.63) is 71.8 Å². The molecule has 0 aliphatic rings. The number of hydrogen-bond acceptors (Lipinski definition) is 4. The normalized spacial score (nSPS) is 10.5. The fourth-order valence-corrected chi connectivity index (χ4v) is 3.05. The number of aryl methyl sites for hydroxylation is 2. The Morgan fingerprint density at radius 2 is 1.64 bits per heavy atom. The lowest BCUT2D eigenvalue weighted by molar-refractivity contribution is -0.113. The first-order chi connectivity index (χ1) is 12.1. The third-order valence-electron chi connectivity index (χ3n) is 3.83. The average molecular weight is 349 g/mol. The SMILES string of the molecule is Cc1ccccc1NC(=O)CSc1ccc(-c2ccccc2C)nn1. The number of amides is 1. The van der Waals surface area contributed by atoms with Gasteiger partial charge in [-0.15, -0.1) is 10.2 Å². The molecule has 0 aliphatic heterocycles. The molecule has 3 aromatic rings. The van der Waals surface area contributed by atoms with Gasteiger partial charge >= 0.3 is 0 Å². The molecule has 1 heterocycles. The number of aromatic nitrogens is 2. The zero-order valence-corrected chi connectivity index (χ0v) is 15.0. The Morgan fingerprint density at radius 3 is 2.32 bits per heavy atom. The van der Waals surface area contributed by atoms with E-state index in [1.807, 2.05) is 61.5 Å². The van der Waals surface area contributed by atoms with Crippen molar-refractivity contribution in [2.45, 2.75) is 18.9 Å². The topological polar surface area (TPSA) is 54.9 Å². The predicted molar refractivity (Wildman–Crippen MR) is 103 cm³/mol. The van der Waals surface area contributed by atoms with E-state index in [4.69, 9.17) is 0 Å². The smallest absolute Gasteiger partial charge is 0.234 e. The first-order valence-electron chi connectivity index (χ1n) is 8.01. The van der Waals surface area contributed by atoms with Gasteiger partial charge in [0.15, 0.2) is 0 Å². The van der Waals surface area contributed by atoms with Gasteiger partial charge < -0.3 is 5.32 Å². The van der Waals surface area contributed by atoms with E-state index < -0.39 is 0 Å². The Hall–Kier alpha value is -2.66. The van der Waals surface area contributed by atoms with Gasteiger partial charge in [0, 0.05) is 11.3 Å². The van der Waals surface area contributed by atoms with Crippen LogP contribution in [0.5, 0.6) is 0 Å². The number of thioether (sulfide) groups is 1. The molecule has 5 heteroatoms. The second-order valence-corrected chi connectivity index (χ2v) is 6.72. The molecule has 4 nitrogen and oxygen atoms in total. The minimum Gasteiger partial charge on any atom is -0.325 e. The molecule has 0 spiro atoms. The van der Waals surface area contributed by atoms with Gasteiger partial charge in [0.05, 0.1) is 11.4 Å². The average Bonchev–Trinajstić information content (AvgIpc) is 2.63. The Labute approximate surface area is 151 Å². The van der Waals surface area contributed by atoms with E-state index in [0.717, 1.165) is 33.1 Å². The predicted octanol–water partition coefficient (Wildman–Crippen LogP) is 4.49. The molecule has 1 amide bonds. The molecular formula is C20H19N3OS. The molecule has 0 unspecified atom stereocenters. The molecule has 3 rings (SSSR count). The van der Waals surface area contributed by atoms with Crippen LogP contribution in [0.25, 0.3) is 11.3 Å².